The fourth-order valence-electron chi connectivity index (χ4n) is 11.1. The van der Waals surface area contributed by atoms with E-state index in [-0.39, 0.29) is 0 Å². The number of hydrogen-bond acceptors (Lipinski definition) is 2. The van der Waals surface area contributed by atoms with Gasteiger partial charge in [0.15, 0.2) is 0 Å². The highest BCUT2D eigenvalue weighted by atomic mass is 15.1. The molecule has 77 heavy (non-hydrogen) atoms. The SMILES string of the molecule is C=c1/c(=C\C=C(/C)N(c2ccc(-c3ccccc3)cc2)c2ccc(-c3ccc(N(c4ccc(-c5ccccc5)cc4)c4ccc5c(c4)c4ccccc4n5-c4ccccc4)cc3)cc2)n(-c2ccccc2)c2ccccc12. The smallest absolute Gasteiger partial charge is 0.0542 e. The van der Waals surface area contributed by atoms with Crippen LogP contribution in [-0.4, -0.2) is 9.13 Å². The van der Waals surface area contributed by atoms with Gasteiger partial charge >= 0.3 is 0 Å². The Morgan fingerprint density at radius 3 is 1.19 bits per heavy atom. The lowest BCUT2D eigenvalue weighted by Gasteiger charge is -2.27. The van der Waals surface area contributed by atoms with Gasteiger partial charge in [-0.2, -0.15) is 0 Å². The summed E-state index contributed by atoms with van der Waals surface area (Å²) in [6.07, 6.45) is 4.44. The molecule has 0 saturated carbocycles. The third-order valence-corrected chi connectivity index (χ3v) is 14.8. The van der Waals surface area contributed by atoms with E-state index in [0.29, 0.717) is 0 Å². The van der Waals surface area contributed by atoms with Gasteiger partial charge in [0.25, 0.3) is 0 Å². The first-order valence-electron chi connectivity index (χ1n) is 26.3. The molecule has 2 aromatic heterocycles. The first kappa shape index (κ1) is 46.6. The molecule has 4 heteroatoms. The second-order valence-corrected chi connectivity index (χ2v) is 19.5. The summed E-state index contributed by atoms with van der Waals surface area (Å²) >= 11 is 0. The second kappa shape index (κ2) is 20.3. The van der Waals surface area contributed by atoms with Gasteiger partial charge in [0, 0.05) is 66.9 Å². The fraction of sp³-hybridized carbons (Fsp3) is 0.0137. The Kier molecular flexibility index (Phi) is 12.3. The van der Waals surface area contributed by atoms with Crippen LogP contribution in [0.1, 0.15) is 6.92 Å². The number of nitrogens with zero attached hydrogens (tertiary/aromatic N) is 4. The summed E-state index contributed by atoms with van der Waals surface area (Å²) < 4.78 is 4.68. The number of para-hydroxylation sites is 4. The largest absolute Gasteiger partial charge is 0.315 e. The van der Waals surface area contributed by atoms with Crippen LogP contribution in [0, 0.1) is 0 Å². The monoisotopic (exact) mass is 986 g/mol. The maximum atomic E-state index is 4.60. The lowest BCUT2D eigenvalue weighted by atomic mass is 10.0. The second-order valence-electron chi connectivity index (χ2n) is 19.5. The molecule has 0 fully saturated rings. The highest BCUT2D eigenvalue weighted by molar-refractivity contribution is 6.10. The van der Waals surface area contributed by atoms with Crippen LogP contribution in [0.2, 0.25) is 0 Å². The molecule has 0 atom stereocenters. The Balaban J connectivity index is 0.872. The van der Waals surface area contributed by atoms with Crippen molar-refractivity contribution in [2.45, 2.75) is 6.92 Å². The standard InChI is InChI=1S/C73H54N4/c1-52(31-49-70-53(2)67-27-15-17-29-71(67)76(70)60-23-11-5-12-24-60)74(62-40-32-56(33-41-62)54-19-7-3-8-20-54)63-42-34-58(35-43-63)59-38-46-65(47-39-59)75(64-44-36-57(37-45-64)55-21-9-4-10-22-55)66-48-50-73-69(51-66)68-28-16-18-30-72(68)77(73)61-25-13-6-14-26-61/h3-51H,2H2,1H3/b52-31+,70-49+. The zero-order chi connectivity index (χ0) is 51.7. The molecule has 13 aromatic rings. The molecule has 0 unspecified atom stereocenters. The van der Waals surface area contributed by atoms with Gasteiger partial charge in [-0.25, -0.2) is 0 Å². The van der Waals surface area contributed by atoms with E-state index >= 15 is 0 Å². The van der Waals surface area contributed by atoms with Crippen LogP contribution < -0.4 is 20.4 Å². The highest BCUT2D eigenvalue weighted by Crippen LogP contribution is 2.41. The van der Waals surface area contributed by atoms with Crippen molar-refractivity contribution >= 4 is 73.8 Å². The first-order chi connectivity index (χ1) is 38.0. The van der Waals surface area contributed by atoms with Crippen LogP contribution in [0.25, 0.3) is 90.1 Å². The van der Waals surface area contributed by atoms with E-state index in [1.807, 2.05) is 0 Å². The van der Waals surface area contributed by atoms with Crippen molar-refractivity contribution in [2.24, 2.45) is 0 Å². The predicted molar refractivity (Wildman–Crippen MR) is 327 cm³/mol. The van der Waals surface area contributed by atoms with Crippen LogP contribution in [-0.2, 0) is 0 Å². The van der Waals surface area contributed by atoms with E-state index in [2.05, 4.69) is 330 Å². The lowest BCUT2D eigenvalue weighted by molar-refractivity contribution is 1.07. The summed E-state index contributed by atoms with van der Waals surface area (Å²) in [5, 5.41) is 5.61. The third-order valence-electron chi connectivity index (χ3n) is 14.8. The molecule has 366 valence electrons. The van der Waals surface area contributed by atoms with Crippen molar-refractivity contribution < 1.29 is 0 Å². The molecule has 0 N–H and O–H groups in total. The molecule has 0 aliphatic carbocycles. The minimum absolute atomic E-state index is 1.000. The molecule has 0 saturated heterocycles. The number of fused-ring (bicyclic) bond motifs is 4. The molecule has 4 nitrogen and oxygen atoms in total. The molecule has 0 spiro atoms. The average Bonchev–Trinajstić information content (AvgIpc) is 4.04. The fourth-order valence-corrected chi connectivity index (χ4v) is 11.1. The predicted octanol–water partition coefficient (Wildman–Crippen LogP) is 18.1. The molecule has 13 rings (SSSR count). The van der Waals surface area contributed by atoms with Crippen molar-refractivity contribution in [3.8, 4) is 44.8 Å². The maximum Gasteiger partial charge on any atom is 0.0542 e. The van der Waals surface area contributed by atoms with E-state index in [9.17, 15) is 0 Å². The van der Waals surface area contributed by atoms with E-state index in [1.165, 1.54) is 44.1 Å². The topological polar surface area (TPSA) is 16.3 Å². The Labute approximate surface area is 449 Å². The number of aromatic nitrogens is 2. The lowest BCUT2D eigenvalue weighted by Crippen LogP contribution is -2.27. The summed E-state index contributed by atoms with van der Waals surface area (Å²) in [5.41, 5.74) is 19.2. The normalized spacial score (nSPS) is 11.9. The molecule has 0 bridgehead atoms. The number of anilines is 5. The number of hydrogen-bond donors (Lipinski definition) is 0. The molecular weight excluding hydrogens is 933 g/mol. The van der Waals surface area contributed by atoms with Crippen LogP contribution in [0.3, 0.4) is 0 Å². The molecule has 0 radical (unpaired) electrons. The Hall–Kier alpha value is -10.2. The van der Waals surface area contributed by atoms with Crippen molar-refractivity contribution in [3.05, 3.63) is 307 Å². The highest BCUT2D eigenvalue weighted by Gasteiger charge is 2.19. The van der Waals surface area contributed by atoms with Crippen LogP contribution in [0.15, 0.2) is 297 Å². The minimum Gasteiger partial charge on any atom is -0.315 e. The minimum atomic E-state index is 1.000. The number of rotatable bonds is 12. The zero-order valence-electron chi connectivity index (χ0n) is 42.8. The van der Waals surface area contributed by atoms with E-state index < -0.39 is 0 Å². The van der Waals surface area contributed by atoms with Crippen molar-refractivity contribution in [1.82, 2.24) is 9.13 Å². The van der Waals surface area contributed by atoms with Crippen molar-refractivity contribution in [3.63, 3.8) is 0 Å². The third kappa shape index (κ3) is 8.88. The molecule has 11 aromatic carbocycles. The molecule has 0 amide bonds. The number of allylic oxidation sites excluding steroid dienone is 2. The Morgan fingerprint density at radius 2 is 0.701 bits per heavy atom. The van der Waals surface area contributed by atoms with Gasteiger partial charge < -0.3 is 18.9 Å². The Morgan fingerprint density at radius 1 is 0.338 bits per heavy atom. The van der Waals surface area contributed by atoms with E-state index in [0.717, 1.165) is 78.1 Å². The summed E-state index contributed by atoms with van der Waals surface area (Å²) in [4.78, 5) is 4.71. The van der Waals surface area contributed by atoms with Gasteiger partial charge in [-0.05, 0) is 156 Å². The van der Waals surface area contributed by atoms with Crippen LogP contribution >= 0.6 is 0 Å². The quantitative estimate of drug-likeness (QED) is 0.121. The summed E-state index contributed by atoms with van der Waals surface area (Å²) in [5.74, 6) is 0. The first-order valence-corrected chi connectivity index (χ1v) is 26.3. The summed E-state index contributed by atoms with van der Waals surface area (Å²) in [6.45, 7) is 6.79. The van der Waals surface area contributed by atoms with Gasteiger partial charge in [0.05, 0.1) is 21.9 Å². The molecule has 0 aliphatic heterocycles. The van der Waals surface area contributed by atoms with Gasteiger partial charge in [0.2, 0.25) is 0 Å². The number of benzene rings is 11. The summed E-state index contributed by atoms with van der Waals surface area (Å²) in [6, 6.07) is 102. The van der Waals surface area contributed by atoms with Crippen LogP contribution in [0.5, 0.6) is 0 Å². The van der Waals surface area contributed by atoms with Crippen molar-refractivity contribution in [2.75, 3.05) is 9.80 Å². The van der Waals surface area contributed by atoms with Gasteiger partial charge in [-0.1, -0.05) is 189 Å². The maximum absolute atomic E-state index is 4.60. The summed E-state index contributed by atoms with van der Waals surface area (Å²) in [7, 11) is 0. The van der Waals surface area contributed by atoms with E-state index in [4.69, 9.17) is 0 Å². The Bertz CT molecular complexity index is 4350. The molecule has 0 aliphatic rings. The average molecular weight is 987 g/mol. The zero-order valence-corrected chi connectivity index (χ0v) is 42.8. The molecule has 2 heterocycles. The van der Waals surface area contributed by atoms with Gasteiger partial charge in [-0.3, -0.25) is 0 Å². The van der Waals surface area contributed by atoms with Crippen molar-refractivity contribution in [1.29, 1.82) is 0 Å². The molecular formula is C73H54N4. The van der Waals surface area contributed by atoms with Crippen LogP contribution in [0.4, 0.5) is 28.4 Å². The van der Waals surface area contributed by atoms with Gasteiger partial charge in [0.1, 0.15) is 0 Å². The van der Waals surface area contributed by atoms with E-state index in [1.54, 1.807) is 0 Å². The van der Waals surface area contributed by atoms with Gasteiger partial charge in [-0.15, -0.1) is 0 Å².